The normalized spacial score (nSPS) is 17.1. The van der Waals surface area contributed by atoms with E-state index in [1.165, 1.54) is 19.4 Å². The van der Waals surface area contributed by atoms with E-state index < -0.39 is 27.5 Å². The Hall–Kier alpha value is -4.07. The van der Waals surface area contributed by atoms with Gasteiger partial charge in [0.05, 0.1) is 18.0 Å². The lowest BCUT2D eigenvalue weighted by molar-refractivity contribution is 0.0694. The number of aryl methyl sites for hydroxylation is 1. The van der Waals surface area contributed by atoms with Crippen LogP contribution in [0.4, 0.5) is 0 Å². The van der Waals surface area contributed by atoms with Gasteiger partial charge in [-0.25, -0.2) is 22.6 Å². The Morgan fingerprint density at radius 3 is 2.78 bits per heavy atom. The molecule has 7 rings (SSSR count). The lowest BCUT2D eigenvalue weighted by Gasteiger charge is -2.23. The summed E-state index contributed by atoms with van der Waals surface area (Å²) in [6.07, 6.45) is 5.44. The van der Waals surface area contributed by atoms with Gasteiger partial charge in [0.1, 0.15) is 16.0 Å². The number of nitrogens with one attached hydrogen (secondary N) is 1. The van der Waals surface area contributed by atoms with E-state index in [2.05, 4.69) is 15.0 Å². The topological polar surface area (TPSA) is 154 Å². The number of carboxylic acids is 1. The average Bonchev–Trinajstić information content (AvgIpc) is 3.51. The molecule has 2 aliphatic rings. The molecule has 210 valence electrons. The third-order valence-corrected chi connectivity index (χ3v) is 10.5. The summed E-state index contributed by atoms with van der Waals surface area (Å²) in [4.78, 5) is 26.8. The number of pyridine rings is 1. The molecule has 0 bridgehead atoms. The SMILES string of the molecule is COc1c(-c2cc3c(s2)CCCC3NS(=O)(=O)c2cccc3nonc23)ccc2c(=O)c(C(=O)O)cn(C3CC3)c12. The summed E-state index contributed by atoms with van der Waals surface area (Å²) in [6.45, 7) is 0. The molecular weight excluding hydrogens is 568 g/mol. The molecule has 2 N–H and O–H groups in total. The average molecular weight is 593 g/mol. The number of sulfonamides is 1. The van der Waals surface area contributed by atoms with Crippen LogP contribution >= 0.6 is 11.3 Å². The van der Waals surface area contributed by atoms with Gasteiger partial charge in [-0.05, 0) is 78.3 Å². The van der Waals surface area contributed by atoms with Crippen molar-refractivity contribution in [1.29, 1.82) is 0 Å². The number of carbonyl (C=O) groups is 1. The second-order valence-corrected chi connectivity index (χ2v) is 13.1. The first-order valence-electron chi connectivity index (χ1n) is 13.1. The monoisotopic (exact) mass is 592 g/mol. The molecule has 3 heterocycles. The van der Waals surface area contributed by atoms with Crippen molar-refractivity contribution in [2.75, 3.05) is 7.11 Å². The summed E-state index contributed by atoms with van der Waals surface area (Å²) in [6, 6.07) is 9.79. The van der Waals surface area contributed by atoms with Gasteiger partial charge in [0, 0.05) is 33.6 Å². The smallest absolute Gasteiger partial charge is 0.341 e. The predicted molar refractivity (Wildman–Crippen MR) is 151 cm³/mol. The lowest BCUT2D eigenvalue weighted by Crippen LogP contribution is -2.30. The molecule has 11 nitrogen and oxygen atoms in total. The quantitative estimate of drug-likeness (QED) is 0.275. The van der Waals surface area contributed by atoms with Crippen molar-refractivity contribution in [3.63, 3.8) is 0 Å². The molecule has 0 amide bonds. The van der Waals surface area contributed by atoms with Gasteiger partial charge < -0.3 is 14.4 Å². The number of thiophene rings is 1. The van der Waals surface area contributed by atoms with Crippen molar-refractivity contribution in [1.82, 2.24) is 19.6 Å². The fourth-order valence-corrected chi connectivity index (χ4v) is 8.36. The molecule has 0 spiro atoms. The zero-order valence-electron chi connectivity index (χ0n) is 21.8. The molecule has 3 aromatic heterocycles. The van der Waals surface area contributed by atoms with Crippen LogP contribution in [0.3, 0.4) is 0 Å². The number of hydrogen-bond donors (Lipinski definition) is 2. The van der Waals surface area contributed by atoms with Crippen LogP contribution in [0.2, 0.25) is 0 Å². The van der Waals surface area contributed by atoms with Crippen LogP contribution < -0.4 is 14.9 Å². The third-order valence-electron chi connectivity index (χ3n) is 7.74. The summed E-state index contributed by atoms with van der Waals surface area (Å²) in [5, 5.41) is 17.4. The molecule has 5 aromatic rings. The van der Waals surface area contributed by atoms with Gasteiger partial charge in [-0.15, -0.1) is 11.3 Å². The molecule has 1 atom stereocenters. The molecule has 13 heteroatoms. The highest BCUT2D eigenvalue weighted by Crippen LogP contribution is 2.46. The number of carboxylic acid groups (broad SMARTS) is 1. The zero-order chi connectivity index (χ0) is 28.5. The number of rotatable bonds is 7. The second kappa shape index (κ2) is 9.50. The highest BCUT2D eigenvalue weighted by atomic mass is 32.2. The first-order valence-corrected chi connectivity index (χ1v) is 15.4. The highest BCUT2D eigenvalue weighted by Gasteiger charge is 2.32. The van der Waals surface area contributed by atoms with E-state index in [1.807, 2.05) is 10.6 Å². The van der Waals surface area contributed by atoms with E-state index in [0.29, 0.717) is 28.6 Å². The third kappa shape index (κ3) is 4.23. The number of fused-ring (bicyclic) bond motifs is 3. The van der Waals surface area contributed by atoms with Crippen molar-refractivity contribution in [3.05, 3.63) is 68.8 Å². The molecule has 0 aliphatic heterocycles. The maximum Gasteiger partial charge on any atom is 0.341 e. The summed E-state index contributed by atoms with van der Waals surface area (Å²) >= 11 is 1.56. The maximum atomic E-state index is 13.4. The van der Waals surface area contributed by atoms with Crippen LogP contribution in [-0.4, -0.2) is 41.5 Å². The minimum Gasteiger partial charge on any atom is -0.494 e. The minimum absolute atomic E-state index is 0.00815. The van der Waals surface area contributed by atoms with Crippen molar-refractivity contribution in [2.45, 2.75) is 49.1 Å². The second-order valence-electron chi connectivity index (χ2n) is 10.3. The summed E-state index contributed by atoms with van der Waals surface area (Å²) in [5.41, 5.74) is 1.95. The van der Waals surface area contributed by atoms with Crippen LogP contribution in [-0.2, 0) is 16.4 Å². The van der Waals surface area contributed by atoms with E-state index in [1.54, 1.807) is 35.6 Å². The minimum atomic E-state index is -3.94. The van der Waals surface area contributed by atoms with Gasteiger partial charge in [-0.3, -0.25) is 4.79 Å². The predicted octanol–water partition coefficient (Wildman–Crippen LogP) is 4.66. The number of aromatic nitrogens is 3. The van der Waals surface area contributed by atoms with Crippen LogP contribution in [0.15, 0.2) is 56.9 Å². The fraction of sp³-hybridized carbons (Fsp3) is 0.286. The standard InChI is InChI=1S/C28H24N4O7S2/c1-38-27-15(10-11-16-25(27)32(14-8-9-14)13-18(26(16)33)28(34)35)22-12-17-19(4-2-6-21(17)40-22)31-41(36,37)23-7-3-5-20-24(23)30-39-29-20/h3,5,7,10-14,19,31H,2,4,6,8-9H2,1H3,(H,34,35). The van der Waals surface area contributed by atoms with E-state index in [0.717, 1.165) is 46.6 Å². The highest BCUT2D eigenvalue weighted by molar-refractivity contribution is 7.89. The Morgan fingerprint density at radius 2 is 2.02 bits per heavy atom. The van der Waals surface area contributed by atoms with E-state index >= 15 is 0 Å². The Bertz CT molecular complexity index is 2040. The summed E-state index contributed by atoms with van der Waals surface area (Å²) in [7, 11) is -2.40. The van der Waals surface area contributed by atoms with Gasteiger partial charge >= 0.3 is 5.97 Å². The van der Waals surface area contributed by atoms with Crippen LogP contribution in [0.1, 0.15) is 58.6 Å². The number of ether oxygens (including phenoxy) is 1. The van der Waals surface area contributed by atoms with Crippen molar-refractivity contribution < 1.29 is 27.7 Å². The van der Waals surface area contributed by atoms with Gasteiger partial charge in [-0.2, -0.15) is 0 Å². The lowest BCUT2D eigenvalue weighted by atomic mass is 9.94. The van der Waals surface area contributed by atoms with Crippen LogP contribution in [0, 0.1) is 0 Å². The zero-order valence-corrected chi connectivity index (χ0v) is 23.4. The van der Waals surface area contributed by atoms with Crippen LogP contribution in [0.25, 0.3) is 32.4 Å². The molecule has 0 radical (unpaired) electrons. The summed E-state index contributed by atoms with van der Waals surface area (Å²) in [5.74, 6) is -0.769. The van der Waals surface area contributed by atoms with Crippen molar-refractivity contribution in [3.8, 4) is 16.2 Å². The first kappa shape index (κ1) is 25.9. The molecule has 1 saturated carbocycles. The van der Waals surface area contributed by atoms with Crippen LogP contribution in [0.5, 0.6) is 5.75 Å². The van der Waals surface area contributed by atoms with E-state index in [-0.39, 0.29) is 22.0 Å². The number of hydrogen-bond acceptors (Lipinski definition) is 9. The van der Waals surface area contributed by atoms with Gasteiger partial charge in [0.2, 0.25) is 15.5 Å². The number of benzene rings is 2. The Labute approximate surface area is 237 Å². The van der Waals surface area contributed by atoms with Gasteiger partial charge in [0.15, 0.2) is 11.3 Å². The maximum absolute atomic E-state index is 13.4. The largest absolute Gasteiger partial charge is 0.494 e. The molecular formula is C28H24N4O7S2. The number of nitrogens with zero attached hydrogens (tertiary/aromatic N) is 3. The fourth-order valence-electron chi connectivity index (χ4n) is 5.67. The number of methoxy groups -OCH3 is 1. The Balaban J connectivity index is 1.32. The van der Waals surface area contributed by atoms with Crippen molar-refractivity contribution >= 4 is 49.3 Å². The first-order chi connectivity index (χ1) is 19.8. The summed E-state index contributed by atoms with van der Waals surface area (Å²) < 4.78 is 42.3. The van der Waals surface area contributed by atoms with Crippen molar-refractivity contribution in [2.24, 2.45) is 0 Å². The molecule has 0 saturated heterocycles. The van der Waals surface area contributed by atoms with E-state index in [4.69, 9.17) is 9.37 Å². The Kier molecular flexibility index (Phi) is 5.99. The molecule has 41 heavy (non-hydrogen) atoms. The van der Waals surface area contributed by atoms with Gasteiger partial charge in [-0.1, -0.05) is 6.07 Å². The van der Waals surface area contributed by atoms with Gasteiger partial charge in [0.25, 0.3) is 0 Å². The van der Waals surface area contributed by atoms with E-state index in [9.17, 15) is 23.1 Å². The molecule has 1 unspecified atom stereocenters. The molecule has 2 aliphatic carbocycles. The Morgan fingerprint density at radius 1 is 1.20 bits per heavy atom. The number of aromatic carboxylic acids is 1. The molecule has 2 aromatic carbocycles. The molecule has 1 fully saturated rings.